The Morgan fingerprint density at radius 1 is 0.348 bits per heavy atom. The van der Waals surface area contributed by atoms with Crippen molar-refractivity contribution in [3.8, 4) is 99.0 Å². The van der Waals surface area contributed by atoms with E-state index in [4.69, 9.17) is 9.47 Å². The Morgan fingerprint density at radius 3 is 1.15 bits per heavy atom. The molecule has 0 fully saturated rings. The lowest BCUT2D eigenvalue weighted by Gasteiger charge is -2.17. The van der Waals surface area contributed by atoms with E-state index in [2.05, 4.69) is 211 Å². The van der Waals surface area contributed by atoms with E-state index in [0.717, 1.165) is 118 Å². The lowest BCUT2D eigenvalue weighted by Crippen LogP contribution is -2.19. The Balaban J connectivity index is 0.000000120. The lowest BCUT2D eigenvalue weighted by atomic mass is 9.87. The van der Waals surface area contributed by atoms with Crippen LogP contribution in [0.25, 0.3) is 196 Å². The van der Waals surface area contributed by atoms with Gasteiger partial charge < -0.3 is 9.47 Å². The summed E-state index contributed by atoms with van der Waals surface area (Å²) < 4.78 is 68.4. The number of alkyl halides is 1. The molecule has 22 aromatic rings. The highest BCUT2D eigenvalue weighted by atomic mass is 79.9. The molecule has 1 aliphatic carbocycles. The molecular weight excluding hydrogens is 2020 g/mol. The molecule has 132 heavy (non-hydrogen) atoms. The van der Waals surface area contributed by atoms with Gasteiger partial charge in [-0.05, 0) is 231 Å². The first-order valence-electron chi connectivity index (χ1n) is 42.7. The van der Waals surface area contributed by atoms with Crippen LogP contribution >= 0.6 is 197 Å². The van der Waals surface area contributed by atoms with Crippen molar-refractivity contribution in [2.45, 2.75) is 108 Å². The SMILES string of the molecule is C=Cc1ccc(-c2c(-c3ccc(C=C)cc3)c3cc(-c4sc(C)c5c(F)c(C)sc45)sc3c3sc(C)cc23)cc1.Cc1ccc(-c2c(-c3ccc(C)s3)c3sc(-c4sc(C)c5c(F)c(C(=O)OCCCCCCBr)sc45)cc3c3cc(C)sc23)s1.Cc1ccc(-c2c(-c3ccc(C)s3)c3sc(-c4sc(C)c5c(F)c(C(=O)Oc6ccc7c(c6)CC7=O)sc45)cc3c3cc(C)sc23)s1. The molecule has 1 aliphatic rings. The molecule has 6 aromatic carbocycles. The third-order valence-corrected chi connectivity index (χ3v) is 43.0. The molecule has 0 radical (unpaired) electrons. The standard InChI is InChI=1S/C37H23FO3S6.C35H30BrFO2S6.C35H25FS4/c1-15-5-9-25(42-15)29-30(26-10-6-16(2)43-26)33-23(22-11-17(3)44-32(22)29)14-27(46-33)34-35-28(18(4)45-34)31(38)36(47-35)37(40)41-20-7-8-21-19(12-20)13-24(21)39;1-17-9-11-23(40-17)27-28(24-12-10-18(2)41-24)31-22(21-15-19(3)42-30(21)27)16-25(44-31)32-33-26(20(4)43-32)29(37)34(45-33)35(38)39-14-8-6-5-7-13-36;1-6-21-8-12-23(13-9-21)29-25-16-18(3)37-32(25)33-26(30(29)24-14-10-22(7-2)11-15-24)17-27(40-33)34-35-28(19(4)38-34)31(36)20(5)39-35/h5-12,14H,13H2,1-4H3;9-12,15-16H,5-8,13-14H2,1-4H3;6-17H,1-2H2,3-5H3. The fourth-order valence-electron chi connectivity index (χ4n) is 17.8. The number of aryl methyl sites for hydroxylation is 11. The van der Waals surface area contributed by atoms with Crippen LogP contribution in [-0.4, -0.2) is 29.7 Å². The van der Waals surface area contributed by atoms with E-state index in [-0.39, 0.29) is 21.4 Å². The number of ketones is 1. The summed E-state index contributed by atoms with van der Waals surface area (Å²) in [6.45, 7) is 31.2. The van der Waals surface area contributed by atoms with Gasteiger partial charge >= 0.3 is 11.9 Å². The van der Waals surface area contributed by atoms with Crippen LogP contribution in [0.2, 0.25) is 0 Å². The highest BCUT2D eigenvalue weighted by molar-refractivity contribution is 9.09. The number of thiophene rings is 16. The third kappa shape index (κ3) is 15.9. The highest BCUT2D eigenvalue weighted by Gasteiger charge is 2.34. The smallest absolute Gasteiger partial charge is 0.356 e. The number of ether oxygens (including phenoxy) is 2. The van der Waals surface area contributed by atoms with E-state index < -0.39 is 23.6 Å². The Bertz CT molecular complexity index is 8500. The Kier molecular flexibility index (Phi) is 24.5. The van der Waals surface area contributed by atoms with Gasteiger partial charge in [0.1, 0.15) is 21.3 Å². The summed E-state index contributed by atoms with van der Waals surface area (Å²) in [6.07, 6.45) is 8.08. The number of esters is 2. The predicted octanol–water partition coefficient (Wildman–Crippen LogP) is 39.6. The second-order valence-corrected chi connectivity index (χ2v) is 52.8. The Labute approximate surface area is 832 Å². The largest absolute Gasteiger partial charge is 0.461 e. The van der Waals surface area contributed by atoms with Crippen molar-refractivity contribution in [3.63, 3.8) is 0 Å². The summed E-state index contributed by atoms with van der Waals surface area (Å²) in [5, 5.41) is 10.3. The van der Waals surface area contributed by atoms with Crippen LogP contribution in [0.3, 0.4) is 0 Å². The van der Waals surface area contributed by atoms with Crippen molar-refractivity contribution in [1.29, 1.82) is 0 Å². The van der Waals surface area contributed by atoms with E-state index in [9.17, 15) is 14.4 Å². The number of hydrogen-bond donors (Lipinski definition) is 0. The summed E-state index contributed by atoms with van der Waals surface area (Å²) >= 11 is 30.6. The zero-order valence-electron chi connectivity index (χ0n) is 73.0. The first-order chi connectivity index (χ1) is 63.8. The Morgan fingerprint density at radius 2 is 0.727 bits per heavy atom. The maximum atomic E-state index is 16.0. The van der Waals surface area contributed by atoms with E-state index >= 15 is 13.2 Å². The molecule has 23 rings (SSSR count). The highest BCUT2D eigenvalue weighted by Crippen LogP contribution is 2.61. The molecule has 0 spiro atoms. The van der Waals surface area contributed by atoms with Crippen molar-refractivity contribution in [2.24, 2.45) is 0 Å². The van der Waals surface area contributed by atoms with Crippen LogP contribution in [0.4, 0.5) is 13.2 Å². The average molecular weight is 2090 g/mol. The quantitative estimate of drug-likeness (QED) is 0.0329. The van der Waals surface area contributed by atoms with E-state index in [1.54, 1.807) is 86.2 Å². The van der Waals surface area contributed by atoms with Crippen molar-refractivity contribution in [3.05, 3.63) is 268 Å². The number of Topliss-reactive ketones (excluding diaryl/α,β-unsaturated/α-hetero) is 1. The average Bonchev–Trinajstić information content (AvgIpc) is 1.56. The van der Waals surface area contributed by atoms with Crippen molar-refractivity contribution in [2.75, 3.05) is 11.9 Å². The van der Waals surface area contributed by atoms with Gasteiger partial charge in [0.05, 0.1) is 44.7 Å². The molecule has 5 nitrogen and oxygen atoms in total. The third-order valence-electron chi connectivity index (χ3n) is 24.0. The van der Waals surface area contributed by atoms with Gasteiger partial charge in [-0.25, -0.2) is 22.8 Å². The summed E-state index contributed by atoms with van der Waals surface area (Å²) in [4.78, 5) is 62.2. The maximum absolute atomic E-state index is 16.0. The molecule has 25 heteroatoms. The number of carbonyl (C=O) groups is 3. The molecule has 0 bridgehead atoms. The van der Waals surface area contributed by atoms with Gasteiger partial charge in [-0.2, -0.15) is 0 Å². The number of benzene rings is 6. The second kappa shape index (κ2) is 36.0. The first-order valence-corrected chi connectivity index (χ1v) is 56.9. The monoisotopic (exact) mass is 2090 g/mol. The van der Waals surface area contributed by atoms with Crippen molar-refractivity contribution >= 4 is 318 Å². The molecule has 0 unspecified atom stereocenters. The van der Waals surface area contributed by atoms with E-state index in [1.165, 1.54) is 180 Å². The van der Waals surface area contributed by atoms with Crippen LogP contribution in [-0.2, 0) is 11.2 Å². The van der Waals surface area contributed by atoms with Gasteiger partial charge in [-0.3, -0.25) is 4.79 Å². The van der Waals surface area contributed by atoms with Crippen LogP contribution in [0.1, 0.15) is 126 Å². The lowest BCUT2D eigenvalue weighted by molar-refractivity contribution is 0.0498. The fraction of sp³-hybridized carbons (Fsp3) is 0.168. The van der Waals surface area contributed by atoms with Gasteiger partial charge in [-0.1, -0.05) is 103 Å². The molecule has 0 saturated carbocycles. The predicted molar refractivity (Wildman–Crippen MR) is 586 cm³/mol. The first kappa shape index (κ1) is 89.7. The normalized spacial score (nSPS) is 12.2. The van der Waals surface area contributed by atoms with Gasteiger partial charge in [0, 0.05) is 195 Å². The van der Waals surface area contributed by atoms with Crippen molar-refractivity contribution < 1.29 is 37.0 Å². The minimum Gasteiger partial charge on any atom is -0.461 e. The second-order valence-electron chi connectivity index (χ2n) is 33.0. The minimum absolute atomic E-state index is 0.0343. The number of fused-ring (bicyclic) bond motifs is 13. The van der Waals surface area contributed by atoms with Crippen molar-refractivity contribution in [1.82, 2.24) is 0 Å². The van der Waals surface area contributed by atoms with E-state index in [0.29, 0.717) is 35.1 Å². The number of hydrogen-bond acceptors (Lipinski definition) is 21. The zero-order chi connectivity index (χ0) is 91.4. The summed E-state index contributed by atoms with van der Waals surface area (Å²) in [5.74, 6) is -1.91. The van der Waals surface area contributed by atoms with Gasteiger partial charge in [-0.15, -0.1) is 181 Å². The van der Waals surface area contributed by atoms with Gasteiger partial charge in [0.25, 0.3) is 0 Å². The minimum atomic E-state index is -0.720. The molecule has 0 N–H and O–H groups in total. The molecule has 660 valence electrons. The van der Waals surface area contributed by atoms with Crippen LogP contribution in [0.5, 0.6) is 5.75 Å². The summed E-state index contributed by atoms with van der Waals surface area (Å²) in [7, 11) is 0. The molecule has 0 atom stereocenters. The van der Waals surface area contributed by atoms with Crippen LogP contribution in [0, 0.1) is 93.6 Å². The molecular formula is C107H78BrF3O5S16. The maximum Gasteiger partial charge on any atom is 0.356 e. The number of rotatable bonds is 20. The molecule has 16 heterocycles. The molecule has 0 saturated heterocycles. The van der Waals surface area contributed by atoms with Crippen LogP contribution < -0.4 is 4.74 Å². The molecule has 0 aliphatic heterocycles. The van der Waals surface area contributed by atoms with Crippen LogP contribution in [0.15, 0.2) is 165 Å². The molecule has 16 aromatic heterocycles. The Hall–Kier alpha value is -8.78. The zero-order valence-corrected chi connectivity index (χ0v) is 87.7. The summed E-state index contributed by atoms with van der Waals surface area (Å²) in [6, 6.07) is 54.0. The van der Waals surface area contributed by atoms with Gasteiger partial charge in [0.2, 0.25) is 0 Å². The topological polar surface area (TPSA) is 69.7 Å². The van der Waals surface area contributed by atoms with E-state index in [1.807, 2.05) is 131 Å². The fourth-order valence-corrected chi connectivity index (χ4v) is 37.0. The van der Waals surface area contributed by atoms with Gasteiger partial charge in [0.15, 0.2) is 17.4 Å². The number of unbranched alkanes of at least 4 members (excludes halogenated alkanes) is 3. The number of halogens is 4. The number of carbonyl (C=O) groups excluding carboxylic acids is 3. The summed E-state index contributed by atoms with van der Waals surface area (Å²) in [5.41, 5.74) is 13.7. The molecule has 0 amide bonds.